The number of nitrogens with two attached hydrogens (primary N) is 1. The molecular weight excluding hydrogens is 310 g/mol. The van der Waals surface area contributed by atoms with E-state index in [1.54, 1.807) is 37.3 Å². The molecule has 1 atom stereocenters. The van der Waals surface area contributed by atoms with Crippen LogP contribution in [-0.4, -0.2) is 16.7 Å². The molecule has 7 heteroatoms. The Morgan fingerprint density at radius 1 is 1.21 bits per heavy atom. The van der Waals surface area contributed by atoms with Crippen LogP contribution in [0.4, 0.5) is 5.69 Å². The van der Waals surface area contributed by atoms with Gasteiger partial charge >= 0.3 is 0 Å². The van der Waals surface area contributed by atoms with Crippen molar-refractivity contribution in [3.05, 3.63) is 75.3 Å². The molecule has 0 heterocycles. The molecule has 0 aromatic heterocycles. The predicted molar refractivity (Wildman–Crippen MR) is 88.3 cm³/mol. The third-order valence-corrected chi connectivity index (χ3v) is 3.62. The van der Waals surface area contributed by atoms with Crippen LogP contribution in [0.2, 0.25) is 0 Å². The molecule has 0 saturated heterocycles. The third-order valence-electron chi connectivity index (χ3n) is 3.62. The maximum atomic E-state index is 12.4. The monoisotopic (exact) mass is 327 g/mol. The summed E-state index contributed by atoms with van der Waals surface area (Å²) in [6.45, 7) is 1.79. The Hall–Kier alpha value is -3.22. The van der Waals surface area contributed by atoms with Gasteiger partial charge in [0.2, 0.25) is 5.91 Å². The van der Waals surface area contributed by atoms with Crippen LogP contribution in [0.5, 0.6) is 0 Å². The molecule has 124 valence electrons. The standard InChI is InChI=1S/C17H17N3O4/c1-2-11-8-9-13(10-14(11)20(23)24)17(22)19-15(16(18)21)12-6-4-3-5-7-12/h3-10,15H,2H2,1H3,(H2,18,21)(H,19,22)/t15-/m1/s1. The first kappa shape index (κ1) is 17.1. The van der Waals surface area contributed by atoms with E-state index in [4.69, 9.17) is 5.73 Å². The van der Waals surface area contributed by atoms with Gasteiger partial charge < -0.3 is 11.1 Å². The van der Waals surface area contributed by atoms with Crippen LogP contribution in [0.15, 0.2) is 48.5 Å². The molecule has 2 amide bonds. The van der Waals surface area contributed by atoms with Gasteiger partial charge in [0.15, 0.2) is 0 Å². The number of carbonyl (C=O) groups is 2. The van der Waals surface area contributed by atoms with Crippen LogP contribution in [0.3, 0.4) is 0 Å². The minimum absolute atomic E-state index is 0.0982. The van der Waals surface area contributed by atoms with Gasteiger partial charge in [-0.2, -0.15) is 0 Å². The highest BCUT2D eigenvalue weighted by atomic mass is 16.6. The molecule has 0 fully saturated rings. The van der Waals surface area contributed by atoms with E-state index in [9.17, 15) is 19.7 Å². The van der Waals surface area contributed by atoms with E-state index in [0.717, 1.165) is 0 Å². The van der Waals surface area contributed by atoms with Crippen molar-refractivity contribution < 1.29 is 14.5 Å². The van der Waals surface area contributed by atoms with Gasteiger partial charge in [-0.3, -0.25) is 19.7 Å². The van der Waals surface area contributed by atoms with Crippen molar-refractivity contribution in [1.82, 2.24) is 5.32 Å². The predicted octanol–water partition coefficient (Wildman–Crippen LogP) is 2.11. The summed E-state index contributed by atoms with van der Waals surface area (Å²) in [5.41, 5.74) is 6.40. The van der Waals surface area contributed by atoms with Crippen molar-refractivity contribution in [2.24, 2.45) is 5.73 Å². The number of carbonyl (C=O) groups excluding carboxylic acids is 2. The van der Waals surface area contributed by atoms with Crippen LogP contribution in [-0.2, 0) is 11.2 Å². The Labute approximate surface area is 138 Å². The highest BCUT2D eigenvalue weighted by molar-refractivity contribution is 5.98. The molecule has 0 radical (unpaired) electrons. The maximum absolute atomic E-state index is 12.4. The Morgan fingerprint density at radius 2 is 1.88 bits per heavy atom. The molecule has 2 rings (SSSR count). The normalized spacial score (nSPS) is 11.5. The first-order valence-corrected chi connectivity index (χ1v) is 7.36. The summed E-state index contributed by atoms with van der Waals surface area (Å²) in [5.74, 6) is -1.32. The molecule has 24 heavy (non-hydrogen) atoms. The van der Waals surface area contributed by atoms with Gasteiger partial charge in [-0.1, -0.05) is 43.3 Å². The Kier molecular flexibility index (Phi) is 5.26. The highest BCUT2D eigenvalue weighted by Crippen LogP contribution is 2.21. The number of amides is 2. The topological polar surface area (TPSA) is 115 Å². The average Bonchev–Trinajstić information content (AvgIpc) is 2.59. The van der Waals surface area contributed by atoms with Crippen LogP contribution in [0.25, 0.3) is 0 Å². The molecule has 7 nitrogen and oxygen atoms in total. The van der Waals surface area contributed by atoms with Gasteiger partial charge in [0.05, 0.1) is 4.92 Å². The molecule has 2 aromatic carbocycles. The second-order valence-electron chi connectivity index (χ2n) is 5.17. The Bertz CT molecular complexity index is 775. The molecule has 0 spiro atoms. The Balaban J connectivity index is 2.29. The van der Waals surface area contributed by atoms with Gasteiger partial charge in [0.1, 0.15) is 6.04 Å². The number of hydrogen-bond acceptors (Lipinski definition) is 4. The zero-order valence-corrected chi connectivity index (χ0v) is 13.1. The number of nitrogens with zero attached hydrogens (tertiary/aromatic N) is 1. The summed E-state index contributed by atoms with van der Waals surface area (Å²) in [5, 5.41) is 13.6. The summed E-state index contributed by atoms with van der Waals surface area (Å²) in [7, 11) is 0. The van der Waals surface area contributed by atoms with Gasteiger partial charge in [-0.15, -0.1) is 0 Å². The van der Waals surface area contributed by atoms with Gasteiger partial charge in [0, 0.05) is 17.2 Å². The van der Waals surface area contributed by atoms with Gasteiger partial charge in [-0.05, 0) is 18.1 Å². The molecular formula is C17H17N3O4. The van der Waals surface area contributed by atoms with Crippen LogP contribution >= 0.6 is 0 Å². The van der Waals surface area contributed by atoms with E-state index in [-0.39, 0.29) is 11.3 Å². The van der Waals surface area contributed by atoms with Crippen molar-refractivity contribution in [3.63, 3.8) is 0 Å². The lowest BCUT2D eigenvalue weighted by Gasteiger charge is -2.16. The maximum Gasteiger partial charge on any atom is 0.273 e. The molecule has 0 bridgehead atoms. The van der Waals surface area contributed by atoms with Gasteiger partial charge in [-0.25, -0.2) is 0 Å². The highest BCUT2D eigenvalue weighted by Gasteiger charge is 2.22. The van der Waals surface area contributed by atoms with E-state index in [1.807, 2.05) is 0 Å². The van der Waals surface area contributed by atoms with Crippen molar-refractivity contribution in [3.8, 4) is 0 Å². The summed E-state index contributed by atoms with van der Waals surface area (Å²) in [6.07, 6.45) is 0.478. The second-order valence-corrected chi connectivity index (χ2v) is 5.17. The van der Waals surface area contributed by atoms with E-state index in [2.05, 4.69) is 5.32 Å². The quantitative estimate of drug-likeness (QED) is 0.624. The molecule has 0 aliphatic carbocycles. The fourth-order valence-electron chi connectivity index (χ4n) is 2.35. The molecule has 0 saturated carbocycles. The zero-order chi connectivity index (χ0) is 17.7. The fourth-order valence-corrected chi connectivity index (χ4v) is 2.35. The number of aryl methyl sites for hydroxylation is 1. The molecule has 3 N–H and O–H groups in total. The van der Waals surface area contributed by atoms with Crippen molar-refractivity contribution >= 4 is 17.5 Å². The first-order valence-electron chi connectivity index (χ1n) is 7.36. The lowest BCUT2D eigenvalue weighted by molar-refractivity contribution is -0.385. The van der Waals surface area contributed by atoms with E-state index in [1.165, 1.54) is 18.2 Å². The SMILES string of the molecule is CCc1ccc(C(=O)N[C@@H](C(N)=O)c2ccccc2)cc1[N+](=O)[O-]. The van der Waals surface area contributed by atoms with Crippen molar-refractivity contribution in [1.29, 1.82) is 0 Å². The number of nitro benzene ring substituents is 1. The van der Waals surface area contributed by atoms with Crippen LogP contribution in [0, 0.1) is 10.1 Å². The molecule has 0 unspecified atom stereocenters. The van der Waals surface area contributed by atoms with Crippen molar-refractivity contribution in [2.45, 2.75) is 19.4 Å². The third kappa shape index (κ3) is 3.75. The Morgan fingerprint density at radius 3 is 2.42 bits per heavy atom. The summed E-state index contributed by atoms with van der Waals surface area (Å²) in [4.78, 5) is 34.6. The van der Waals surface area contributed by atoms with Crippen molar-refractivity contribution in [2.75, 3.05) is 0 Å². The number of benzene rings is 2. The minimum atomic E-state index is -1.01. The first-order chi connectivity index (χ1) is 11.4. The molecule has 0 aliphatic rings. The molecule has 0 aliphatic heterocycles. The number of primary amides is 1. The van der Waals surface area contributed by atoms with E-state index in [0.29, 0.717) is 17.5 Å². The average molecular weight is 327 g/mol. The summed E-state index contributed by atoms with van der Waals surface area (Å²) >= 11 is 0. The number of nitro groups is 1. The van der Waals surface area contributed by atoms with Crippen LogP contribution < -0.4 is 11.1 Å². The summed E-state index contributed by atoms with van der Waals surface area (Å²) in [6, 6.07) is 11.8. The number of nitrogens with one attached hydrogen (secondary N) is 1. The lowest BCUT2D eigenvalue weighted by atomic mass is 10.0. The number of rotatable bonds is 6. The largest absolute Gasteiger partial charge is 0.368 e. The van der Waals surface area contributed by atoms with E-state index >= 15 is 0 Å². The fraction of sp³-hybridized carbons (Fsp3) is 0.176. The van der Waals surface area contributed by atoms with Crippen LogP contribution in [0.1, 0.15) is 34.5 Å². The molecule has 2 aromatic rings. The summed E-state index contributed by atoms with van der Waals surface area (Å²) < 4.78 is 0. The van der Waals surface area contributed by atoms with Gasteiger partial charge in [0.25, 0.3) is 11.6 Å². The second kappa shape index (κ2) is 7.36. The lowest BCUT2D eigenvalue weighted by Crippen LogP contribution is -2.37. The smallest absolute Gasteiger partial charge is 0.273 e. The minimum Gasteiger partial charge on any atom is -0.368 e. The van der Waals surface area contributed by atoms with E-state index < -0.39 is 22.8 Å². The zero-order valence-electron chi connectivity index (χ0n) is 13.1. The number of hydrogen-bond donors (Lipinski definition) is 2.